The lowest BCUT2D eigenvalue weighted by molar-refractivity contribution is -0.385. The Morgan fingerprint density at radius 3 is 2.62 bits per heavy atom. The first-order valence-electron chi connectivity index (χ1n) is 9.01. The molecule has 1 heterocycles. The van der Waals surface area contributed by atoms with Gasteiger partial charge in [-0.05, 0) is 43.2 Å². The standard InChI is InChI=1S/C20H20N2O7/c1-13-10-15(3-4-16(13)22(25)26)20(24)29-12-19(23)21-7-6-14-2-5-17-18(11-14)28-9-8-27-17/h2-5,10-11H,6-9,12H2,1H3,(H,21,23). The van der Waals surface area contributed by atoms with E-state index in [4.69, 9.17) is 14.2 Å². The van der Waals surface area contributed by atoms with E-state index < -0.39 is 23.4 Å². The smallest absolute Gasteiger partial charge is 0.338 e. The molecule has 152 valence electrons. The minimum Gasteiger partial charge on any atom is -0.486 e. The van der Waals surface area contributed by atoms with Crippen molar-refractivity contribution in [2.24, 2.45) is 0 Å². The van der Waals surface area contributed by atoms with E-state index >= 15 is 0 Å². The maximum atomic E-state index is 12.0. The van der Waals surface area contributed by atoms with Crippen LogP contribution in [0, 0.1) is 17.0 Å². The van der Waals surface area contributed by atoms with E-state index in [9.17, 15) is 19.7 Å². The average Bonchev–Trinajstić information content (AvgIpc) is 2.71. The third kappa shape index (κ3) is 5.22. The van der Waals surface area contributed by atoms with Crippen molar-refractivity contribution in [3.63, 3.8) is 0 Å². The molecule has 0 radical (unpaired) electrons. The molecule has 2 aromatic rings. The molecule has 0 fully saturated rings. The number of amides is 1. The van der Waals surface area contributed by atoms with Gasteiger partial charge in [-0.3, -0.25) is 14.9 Å². The number of fused-ring (bicyclic) bond motifs is 1. The Kier molecular flexibility index (Phi) is 6.28. The molecule has 29 heavy (non-hydrogen) atoms. The number of rotatable bonds is 7. The van der Waals surface area contributed by atoms with Crippen molar-refractivity contribution < 1.29 is 28.7 Å². The number of esters is 1. The van der Waals surface area contributed by atoms with Crippen molar-refractivity contribution in [3.05, 3.63) is 63.2 Å². The van der Waals surface area contributed by atoms with Crippen LogP contribution in [0.2, 0.25) is 0 Å². The quantitative estimate of drug-likeness (QED) is 0.430. The molecular formula is C20H20N2O7. The summed E-state index contributed by atoms with van der Waals surface area (Å²) >= 11 is 0. The van der Waals surface area contributed by atoms with Crippen LogP contribution in [0.1, 0.15) is 21.5 Å². The number of nitrogens with one attached hydrogen (secondary N) is 1. The SMILES string of the molecule is Cc1cc(C(=O)OCC(=O)NCCc2ccc3c(c2)OCCO3)ccc1[N+](=O)[O-]. The average molecular weight is 400 g/mol. The van der Waals surface area contributed by atoms with E-state index in [-0.39, 0.29) is 11.3 Å². The number of hydrogen-bond acceptors (Lipinski definition) is 7. The molecule has 0 atom stereocenters. The minimum absolute atomic E-state index is 0.0848. The summed E-state index contributed by atoms with van der Waals surface area (Å²) in [5.74, 6) is 0.240. The summed E-state index contributed by atoms with van der Waals surface area (Å²) < 4.78 is 15.9. The van der Waals surface area contributed by atoms with Crippen molar-refractivity contribution in [1.29, 1.82) is 0 Å². The first-order chi connectivity index (χ1) is 13.9. The van der Waals surface area contributed by atoms with Gasteiger partial charge in [-0.2, -0.15) is 0 Å². The molecule has 1 aliphatic rings. The Labute approximate surface area is 166 Å². The topological polar surface area (TPSA) is 117 Å². The van der Waals surface area contributed by atoms with Crippen LogP contribution >= 0.6 is 0 Å². The number of nitro benzene ring substituents is 1. The Hall–Kier alpha value is -3.62. The normalized spacial score (nSPS) is 12.2. The van der Waals surface area contributed by atoms with Crippen molar-refractivity contribution in [2.75, 3.05) is 26.4 Å². The molecule has 2 aromatic carbocycles. The number of carbonyl (C=O) groups excluding carboxylic acids is 2. The molecule has 9 heteroatoms. The second kappa shape index (κ2) is 9.05. The number of benzene rings is 2. The lowest BCUT2D eigenvalue weighted by Crippen LogP contribution is -2.30. The van der Waals surface area contributed by atoms with Crippen LogP contribution in [0.4, 0.5) is 5.69 Å². The fourth-order valence-electron chi connectivity index (χ4n) is 2.84. The molecule has 0 saturated carbocycles. The number of nitrogens with zero attached hydrogens (tertiary/aromatic N) is 1. The zero-order valence-corrected chi connectivity index (χ0v) is 15.8. The largest absolute Gasteiger partial charge is 0.486 e. The van der Waals surface area contributed by atoms with Gasteiger partial charge in [-0.1, -0.05) is 6.07 Å². The molecule has 0 unspecified atom stereocenters. The van der Waals surface area contributed by atoms with Gasteiger partial charge in [-0.15, -0.1) is 0 Å². The second-order valence-corrected chi connectivity index (χ2v) is 6.41. The summed E-state index contributed by atoms with van der Waals surface area (Å²) in [7, 11) is 0. The van der Waals surface area contributed by atoms with Gasteiger partial charge in [0.2, 0.25) is 0 Å². The minimum atomic E-state index is -0.718. The Balaban J connectivity index is 1.43. The summed E-state index contributed by atoms with van der Waals surface area (Å²) in [5.41, 5.74) is 1.39. The molecule has 0 saturated heterocycles. The molecule has 0 bridgehead atoms. The number of aryl methyl sites for hydroxylation is 1. The highest BCUT2D eigenvalue weighted by Crippen LogP contribution is 2.30. The van der Waals surface area contributed by atoms with Crippen LogP contribution in [0.15, 0.2) is 36.4 Å². The lowest BCUT2D eigenvalue weighted by atomic mass is 10.1. The second-order valence-electron chi connectivity index (χ2n) is 6.41. The fourth-order valence-corrected chi connectivity index (χ4v) is 2.84. The molecule has 0 aliphatic carbocycles. The molecule has 3 rings (SSSR count). The third-order valence-corrected chi connectivity index (χ3v) is 4.31. The summed E-state index contributed by atoms with van der Waals surface area (Å²) in [5, 5.41) is 13.5. The molecule has 1 amide bonds. The summed E-state index contributed by atoms with van der Waals surface area (Å²) in [6.45, 7) is 2.50. The van der Waals surface area contributed by atoms with Crippen molar-refractivity contribution >= 4 is 17.6 Å². The molecule has 0 spiro atoms. The van der Waals surface area contributed by atoms with Crippen LogP contribution in [-0.4, -0.2) is 43.2 Å². The highest BCUT2D eigenvalue weighted by molar-refractivity contribution is 5.91. The van der Waals surface area contributed by atoms with E-state index in [1.165, 1.54) is 25.1 Å². The van der Waals surface area contributed by atoms with Crippen LogP contribution in [0.3, 0.4) is 0 Å². The predicted octanol–water partition coefficient (Wildman–Crippen LogP) is 2.19. The van der Waals surface area contributed by atoms with Crippen LogP contribution in [0.25, 0.3) is 0 Å². The van der Waals surface area contributed by atoms with E-state index in [0.29, 0.717) is 43.2 Å². The molecule has 0 aromatic heterocycles. The Bertz CT molecular complexity index is 942. The number of hydrogen-bond donors (Lipinski definition) is 1. The van der Waals surface area contributed by atoms with Gasteiger partial charge < -0.3 is 19.5 Å². The van der Waals surface area contributed by atoms with Gasteiger partial charge in [0, 0.05) is 18.2 Å². The summed E-state index contributed by atoms with van der Waals surface area (Å²) in [4.78, 5) is 34.2. The van der Waals surface area contributed by atoms with Crippen LogP contribution in [-0.2, 0) is 16.0 Å². The molecule has 1 aliphatic heterocycles. The van der Waals surface area contributed by atoms with Gasteiger partial charge in [-0.25, -0.2) is 4.79 Å². The summed E-state index contributed by atoms with van der Waals surface area (Å²) in [6, 6.07) is 9.50. The number of nitro groups is 1. The van der Waals surface area contributed by atoms with E-state index in [2.05, 4.69) is 5.32 Å². The van der Waals surface area contributed by atoms with E-state index in [0.717, 1.165) is 5.56 Å². The monoisotopic (exact) mass is 400 g/mol. The summed E-state index contributed by atoms with van der Waals surface area (Å²) in [6.07, 6.45) is 0.581. The van der Waals surface area contributed by atoms with E-state index in [1.807, 2.05) is 18.2 Å². The van der Waals surface area contributed by atoms with Gasteiger partial charge in [0.15, 0.2) is 18.1 Å². The first kappa shape index (κ1) is 20.1. The fraction of sp³-hybridized carbons (Fsp3) is 0.300. The highest BCUT2D eigenvalue weighted by Gasteiger charge is 2.16. The van der Waals surface area contributed by atoms with Gasteiger partial charge in [0.1, 0.15) is 13.2 Å². The lowest BCUT2D eigenvalue weighted by Gasteiger charge is -2.18. The van der Waals surface area contributed by atoms with Crippen LogP contribution < -0.4 is 14.8 Å². The molecule has 9 nitrogen and oxygen atoms in total. The number of carbonyl (C=O) groups is 2. The van der Waals surface area contributed by atoms with Crippen molar-refractivity contribution in [1.82, 2.24) is 5.32 Å². The van der Waals surface area contributed by atoms with Gasteiger partial charge in [0.25, 0.3) is 11.6 Å². The molecule has 1 N–H and O–H groups in total. The zero-order valence-electron chi connectivity index (χ0n) is 15.8. The van der Waals surface area contributed by atoms with Crippen molar-refractivity contribution in [2.45, 2.75) is 13.3 Å². The maximum Gasteiger partial charge on any atom is 0.338 e. The highest BCUT2D eigenvalue weighted by atomic mass is 16.6. The Morgan fingerprint density at radius 1 is 1.14 bits per heavy atom. The molecular weight excluding hydrogens is 380 g/mol. The Morgan fingerprint density at radius 2 is 1.90 bits per heavy atom. The van der Waals surface area contributed by atoms with E-state index in [1.54, 1.807) is 0 Å². The van der Waals surface area contributed by atoms with Gasteiger partial charge >= 0.3 is 5.97 Å². The first-order valence-corrected chi connectivity index (χ1v) is 9.01. The maximum absolute atomic E-state index is 12.0. The third-order valence-electron chi connectivity index (χ3n) is 4.31. The van der Waals surface area contributed by atoms with Crippen LogP contribution in [0.5, 0.6) is 11.5 Å². The zero-order chi connectivity index (χ0) is 20.8. The number of ether oxygens (including phenoxy) is 3. The predicted molar refractivity (Wildman–Crippen MR) is 102 cm³/mol. The van der Waals surface area contributed by atoms with Crippen molar-refractivity contribution in [3.8, 4) is 11.5 Å². The van der Waals surface area contributed by atoms with Gasteiger partial charge in [0.05, 0.1) is 10.5 Å².